The molecular formula is C18H18F3NO3. The first-order valence-electron chi connectivity index (χ1n) is 7.58. The lowest BCUT2D eigenvalue weighted by Gasteiger charge is -2.10. The van der Waals surface area contributed by atoms with Crippen molar-refractivity contribution in [2.24, 2.45) is 0 Å². The first kappa shape index (κ1) is 18.6. The quantitative estimate of drug-likeness (QED) is 0.776. The molecule has 0 aliphatic heterocycles. The summed E-state index contributed by atoms with van der Waals surface area (Å²) in [5.74, 6) is 0.979. The third kappa shape index (κ3) is 6.02. The van der Waals surface area contributed by atoms with E-state index in [0.717, 1.165) is 12.1 Å². The molecule has 2 aromatic rings. The molecule has 134 valence electrons. The standard InChI is InChI=1S/C18H18F3NO3/c1-24-15-5-7-16(8-6-15)25-10-9-22-17(23)12-13-3-2-4-14(11-13)18(19,20)21/h2-8,11H,9-10,12H2,1H3,(H,22,23). The lowest BCUT2D eigenvalue weighted by Crippen LogP contribution is -2.29. The van der Waals surface area contributed by atoms with Gasteiger partial charge in [0.2, 0.25) is 5.91 Å². The van der Waals surface area contributed by atoms with Crippen LogP contribution in [-0.2, 0) is 17.4 Å². The second-order valence-corrected chi connectivity index (χ2v) is 5.25. The van der Waals surface area contributed by atoms with Gasteiger partial charge in [-0.05, 0) is 35.9 Å². The van der Waals surface area contributed by atoms with Crippen LogP contribution in [-0.4, -0.2) is 26.2 Å². The first-order valence-corrected chi connectivity index (χ1v) is 7.58. The van der Waals surface area contributed by atoms with Gasteiger partial charge in [-0.15, -0.1) is 0 Å². The second-order valence-electron chi connectivity index (χ2n) is 5.25. The number of benzene rings is 2. The molecule has 0 atom stereocenters. The molecule has 0 fully saturated rings. The van der Waals surface area contributed by atoms with Crippen LogP contribution < -0.4 is 14.8 Å². The van der Waals surface area contributed by atoms with Crippen molar-refractivity contribution in [1.82, 2.24) is 5.32 Å². The number of hydrogen-bond donors (Lipinski definition) is 1. The van der Waals surface area contributed by atoms with E-state index < -0.39 is 11.7 Å². The highest BCUT2D eigenvalue weighted by atomic mass is 19.4. The highest BCUT2D eigenvalue weighted by Crippen LogP contribution is 2.29. The van der Waals surface area contributed by atoms with Crippen LogP contribution in [0.1, 0.15) is 11.1 Å². The normalized spacial score (nSPS) is 11.0. The van der Waals surface area contributed by atoms with Gasteiger partial charge in [-0.3, -0.25) is 4.79 Å². The summed E-state index contributed by atoms with van der Waals surface area (Å²) in [5.41, 5.74) is -0.455. The Labute approximate surface area is 143 Å². The molecule has 0 saturated heterocycles. The summed E-state index contributed by atoms with van der Waals surface area (Å²) in [6.07, 6.45) is -4.54. The highest BCUT2D eigenvalue weighted by Gasteiger charge is 2.30. The van der Waals surface area contributed by atoms with Crippen molar-refractivity contribution in [3.8, 4) is 11.5 Å². The summed E-state index contributed by atoms with van der Waals surface area (Å²) in [7, 11) is 1.57. The van der Waals surface area contributed by atoms with Gasteiger partial charge >= 0.3 is 6.18 Å². The number of methoxy groups -OCH3 is 1. The molecule has 0 heterocycles. The maximum absolute atomic E-state index is 12.6. The van der Waals surface area contributed by atoms with Crippen molar-refractivity contribution >= 4 is 5.91 Å². The summed E-state index contributed by atoms with van der Waals surface area (Å²) in [6, 6.07) is 11.7. The molecule has 0 bridgehead atoms. The summed E-state index contributed by atoms with van der Waals surface area (Å²) >= 11 is 0. The Morgan fingerprint density at radius 3 is 2.40 bits per heavy atom. The number of halogens is 3. The topological polar surface area (TPSA) is 47.6 Å². The van der Waals surface area contributed by atoms with E-state index in [9.17, 15) is 18.0 Å². The predicted octanol–water partition coefficient (Wildman–Crippen LogP) is 3.45. The lowest BCUT2D eigenvalue weighted by molar-refractivity contribution is -0.137. The Kier molecular flexibility index (Phi) is 6.27. The number of carbonyl (C=O) groups excluding carboxylic acids is 1. The number of carbonyl (C=O) groups is 1. The number of alkyl halides is 3. The zero-order valence-electron chi connectivity index (χ0n) is 13.6. The van der Waals surface area contributed by atoms with Crippen molar-refractivity contribution in [3.05, 3.63) is 59.7 Å². The van der Waals surface area contributed by atoms with Gasteiger partial charge in [0.15, 0.2) is 0 Å². The molecular weight excluding hydrogens is 335 g/mol. The fraction of sp³-hybridized carbons (Fsp3) is 0.278. The van der Waals surface area contributed by atoms with E-state index in [1.54, 1.807) is 31.4 Å². The van der Waals surface area contributed by atoms with Gasteiger partial charge in [0.25, 0.3) is 0 Å². The third-order valence-electron chi connectivity index (χ3n) is 3.37. The van der Waals surface area contributed by atoms with Gasteiger partial charge in [-0.2, -0.15) is 13.2 Å². The smallest absolute Gasteiger partial charge is 0.416 e. The largest absolute Gasteiger partial charge is 0.497 e. The molecule has 0 aliphatic rings. The maximum Gasteiger partial charge on any atom is 0.416 e. The molecule has 1 N–H and O–H groups in total. The molecule has 4 nitrogen and oxygen atoms in total. The molecule has 25 heavy (non-hydrogen) atoms. The Balaban J connectivity index is 1.75. The van der Waals surface area contributed by atoms with Crippen LogP contribution in [0.25, 0.3) is 0 Å². The SMILES string of the molecule is COc1ccc(OCCNC(=O)Cc2cccc(C(F)(F)F)c2)cc1. The summed E-state index contributed by atoms with van der Waals surface area (Å²) in [6.45, 7) is 0.504. The minimum Gasteiger partial charge on any atom is -0.497 e. The van der Waals surface area contributed by atoms with Crippen molar-refractivity contribution in [3.63, 3.8) is 0 Å². The number of amides is 1. The lowest BCUT2D eigenvalue weighted by atomic mass is 10.1. The summed E-state index contributed by atoms with van der Waals surface area (Å²) in [4.78, 5) is 11.8. The third-order valence-corrected chi connectivity index (χ3v) is 3.37. The van der Waals surface area contributed by atoms with E-state index in [0.29, 0.717) is 17.1 Å². The molecule has 0 radical (unpaired) electrons. The zero-order valence-corrected chi connectivity index (χ0v) is 13.6. The van der Waals surface area contributed by atoms with Crippen molar-refractivity contribution in [2.45, 2.75) is 12.6 Å². The number of rotatable bonds is 7. The van der Waals surface area contributed by atoms with Gasteiger partial charge in [-0.25, -0.2) is 0 Å². The predicted molar refractivity (Wildman–Crippen MR) is 86.6 cm³/mol. The van der Waals surface area contributed by atoms with Crippen LogP contribution in [0.2, 0.25) is 0 Å². The van der Waals surface area contributed by atoms with E-state index in [-0.39, 0.29) is 25.5 Å². The van der Waals surface area contributed by atoms with Crippen LogP contribution in [0.5, 0.6) is 11.5 Å². The molecule has 0 aromatic heterocycles. The monoisotopic (exact) mass is 353 g/mol. The van der Waals surface area contributed by atoms with Crippen LogP contribution in [0.4, 0.5) is 13.2 Å². The van der Waals surface area contributed by atoms with E-state index >= 15 is 0 Å². The van der Waals surface area contributed by atoms with Gasteiger partial charge < -0.3 is 14.8 Å². The van der Waals surface area contributed by atoms with E-state index in [4.69, 9.17) is 9.47 Å². The van der Waals surface area contributed by atoms with Gasteiger partial charge in [0.1, 0.15) is 18.1 Å². The number of hydrogen-bond acceptors (Lipinski definition) is 3. The van der Waals surface area contributed by atoms with Crippen LogP contribution in [0.15, 0.2) is 48.5 Å². The molecule has 2 rings (SSSR count). The fourth-order valence-corrected chi connectivity index (χ4v) is 2.14. The summed E-state index contributed by atoms with van der Waals surface area (Å²) < 4.78 is 48.4. The molecule has 0 spiro atoms. The molecule has 2 aromatic carbocycles. The molecule has 0 unspecified atom stereocenters. The Bertz CT molecular complexity index is 699. The van der Waals surface area contributed by atoms with Crippen LogP contribution in [0.3, 0.4) is 0 Å². The maximum atomic E-state index is 12.6. The number of ether oxygens (including phenoxy) is 2. The zero-order chi connectivity index (χ0) is 18.3. The minimum atomic E-state index is -4.42. The van der Waals surface area contributed by atoms with Crippen molar-refractivity contribution in [1.29, 1.82) is 0 Å². The fourth-order valence-electron chi connectivity index (χ4n) is 2.14. The number of nitrogens with one attached hydrogen (secondary N) is 1. The van der Waals surface area contributed by atoms with Crippen molar-refractivity contribution in [2.75, 3.05) is 20.3 Å². The van der Waals surface area contributed by atoms with Gasteiger partial charge in [0, 0.05) is 0 Å². The Morgan fingerprint density at radius 1 is 1.08 bits per heavy atom. The highest BCUT2D eigenvalue weighted by molar-refractivity contribution is 5.78. The van der Waals surface area contributed by atoms with E-state index in [1.165, 1.54) is 12.1 Å². The van der Waals surface area contributed by atoms with E-state index in [1.807, 2.05) is 0 Å². The molecule has 0 saturated carbocycles. The van der Waals surface area contributed by atoms with Gasteiger partial charge in [-0.1, -0.05) is 18.2 Å². The minimum absolute atomic E-state index is 0.119. The molecule has 7 heteroatoms. The van der Waals surface area contributed by atoms with Crippen LogP contribution in [0, 0.1) is 0 Å². The van der Waals surface area contributed by atoms with Gasteiger partial charge in [0.05, 0.1) is 25.6 Å². The Morgan fingerprint density at radius 2 is 1.76 bits per heavy atom. The first-order chi connectivity index (χ1) is 11.9. The second kappa shape index (κ2) is 8.41. The average Bonchev–Trinajstić information content (AvgIpc) is 2.59. The Hall–Kier alpha value is -2.70. The molecule has 1 amide bonds. The van der Waals surface area contributed by atoms with Crippen LogP contribution >= 0.6 is 0 Å². The summed E-state index contributed by atoms with van der Waals surface area (Å²) in [5, 5.41) is 2.61. The molecule has 0 aliphatic carbocycles. The van der Waals surface area contributed by atoms with E-state index in [2.05, 4.69) is 5.32 Å². The average molecular weight is 353 g/mol. The van der Waals surface area contributed by atoms with Crippen molar-refractivity contribution < 1.29 is 27.4 Å².